The van der Waals surface area contributed by atoms with Gasteiger partial charge in [-0.15, -0.1) is 0 Å². The van der Waals surface area contributed by atoms with Crippen LogP contribution in [0.2, 0.25) is 0 Å². The van der Waals surface area contributed by atoms with Crippen LogP contribution in [0.5, 0.6) is 6.01 Å². The first kappa shape index (κ1) is 11.9. The van der Waals surface area contributed by atoms with Crippen LogP contribution in [0.1, 0.15) is 24.3 Å². The van der Waals surface area contributed by atoms with Gasteiger partial charge in [0.15, 0.2) is 5.82 Å². The minimum absolute atomic E-state index is 0.285. The Morgan fingerprint density at radius 2 is 2.00 bits per heavy atom. The molecule has 19 heavy (non-hydrogen) atoms. The van der Waals surface area contributed by atoms with Gasteiger partial charge in [0.05, 0.1) is 18.4 Å². The summed E-state index contributed by atoms with van der Waals surface area (Å²) in [5.41, 5.74) is 1.54. The zero-order valence-electron chi connectivity index (χ0n) is 11.1. The molecule has 0 atom stereocenters. The van der Waals surface area contributed by atoms with E-state index in [2.05, 4.69) is 25.4 Å². The molecule has 0 spiro atoms. The first-order valence-corrected chi connectivity index (χ1v) is 6.17. The van der Waals surface area contributed by atoms with Crippen molar-refractivity contribution in [2.24, 2.45) is 0 Å². The fraction of sp³-hybridized carbons (Fsp3) is 0.500. The molecule has 1 aliphatic rings. The molecule has 2 heterocycles. The average molecular weight is 261 g/mol. The highest BCUT2D eigenvalue weighted by molar-refractivity contribution is 5.61. The predicted molar refractivity (Wildman–Crippen MR) is 68.0 cm³/mol. The van der Waals surface area contributed by atoms with E-state index >= 15 is 0 Å². The second-order valence-electron chi connectivity index (χ2n) is 4.59. The van der Waals surface area contributed by atoms with Crippen LogP contribution in [0.3, 0.4) is 0 Å². The van der Waals surface area contributed by atoms with Crippen molar-refractivity contribution in [1.29, 1.82) is 0 Å². The van der Waals surface area contributed by atoms with E-state index in [4.69, 9.17) is 9.26 Å². The summed E-state index contributed by atoms with van der Waals surface area (Å²) in [5, 5.41) is 7.15. The number of rotatable bonds is 4. The quantitative estimate of drug-likeness (QED) is 0.896. The molecule has 1 aliphatic carbocycles. The summed E-state index contributed by atoms with van der Waals surface area (Å²) in [6.45, 7) is 3.69. The lowest BCUT2D eigenvalue weighted by Crippen LogP contribution is -2.08. The van der Waals surface area contributed by atoms with Crippen molar-refractivity contribution in [2.75, 3.05) is 12.4 Å². The SMILES string of the molecule is COc1nc(NC2CC2)nc(-c2c(C)noc2C)n1. The Balaban J connectivity index is 2.04. The summed E-state index contributed by atoms with van der Waals surface area (Å²) in [4.78, 5) is 12.9. The monoisotopic (exact) mass is 261 g/mol. The normalized spacial score (nSPS) is 14.5. The topological polar surface area (TPSA) is 86.0 Å². The molecule has 1 saturated carbocycles. The van der Waals surface area contributed by atoms with Gasteiger partial charge < -0.3 is 14.6 Å². The number of hydrogen-bond donors (Lipinski definition) is 1. The average Bonchev–Trinajstić information content (AvgIpc) is 3.14. The summed E-state index contributed by atoms with van der Waals surface area (Å²) >= 11 is 0. The lowest BCUT2D eigenvalue weighted by molar-refractivity contribution is 0.379. The van der Waals surface area contributed by atoms with Gasteiger partial charge in [-0.05, 0) is 26.7 Å². The minimum Gasteiger partial charge on any atom is -0.467 e. The molecule has 0 bridgehead atoms. The number of nitrogens with zero attached hydrogens (tertiary/aromatic N) is 4. The van der Waals surface area contributed by atoms with E-state index in [0.29, 0.717) is 23.6 Å². The summed E-state index contributed by atoms with van der Waals surface area (Å²) in [7, 11) is 1.54. The van der Waals surface area contributed by atoms with E-state index in [9.17, 15) is 0 Å². The molecule has 7 heteroatoms. The van der Waals surface area contributed by atoms with E-state index in [1.54, 1.807) is 0 Å². The Hall–Kier alpha value is -2.18. The van der Waals surface area contributed by atoms with Gasteiger partial charge in [0.1, 0.15) is 5.76 Å². The highest BCUT2D eigenvalue weighted by Crippen LogP contribution is 2.27. The third kappa shape index (κ3) is 2.35. The van der Waals surface area contributed by atoms with Crippen molar-refractivity contribution < 1.29 is 9.26 Å². The molecular formula is C12H15N5O2. The van der Waals surface area contributed by atoms with E-state index in [1.807, 2.05) is 13.8 Å². The van der Waals surface area contributed by atoms with Crippen molar-refractivity contribution in [3.8, 4) is 17.4 Å². The van der Waals surface area contributed by atoms with E-state index in [-0.39, 0.29) is 6.01 Å². The molecule has 0 aliphatic heterocycles. The van der Waals surface area contributed by atoms with Crippen LogP contribution < -0.4 is 10.1 Å². The molecule has 0 amide bonds. The molecule has 2 aromatic rings. The number of hydrogen-bond acceptors (Lipinski definition) is 7. The van der Waals surface area contributed by atoms with Crippen LogP contribution in [0.15, 0.2) is 4.52 Å². The number of methoxy groups -OCH3 is 1. The second-order valence-corrected chi connectivity index (χ2v) is 4.59. The molecule has 0 saturated heterocycles. The summed E-state index contributed by atoms with van der Waals surface area (Å²) in [6, 6.07) is 0.748. The standard InChI is InChI=1S/C12H15N5O2/c1-6-9(7(2)19-17-6)10-14-11(13-8-4-5-8)16-12(15-10)18-3/h8H,4-5H2,1-3H3,(H,13,14,15,16). The van der Waals surface area contributed by atoms with Crippen LogP contribution >= 0.6 is 0 Å². The van der Waals surface area contributed by atoms with Gasteiger partial charge in [-0.1, -0.05) is 5.16 Å². The van der Waals surface area contributed by atoms with E-state index < -0.39 is 0 Å². The Bertz CT molecular complexity index is 587. The molecule has 0 radical (unpaired) electrons. The maximum Gasteiger partial charge on any atom is 0.321 e. The number of aromatic nitrogens is 4. The largest absolute Gasteiger partial charge is 0.467 e. The maximum absolute atomic E-state index is 5.14. The van der Waals surface area contributed by atoms with Crippen LogP contribution in [0.25, 0.3) is 11.4 Å². The fourth-order valence-electron chi connectivity index (χ4n) is 1.84. The lowest BCUT2D eigenvalue weighted by atomic mass is 10.2. The van der Waals surface area contributed by atoms with Gasteiger partial charge in [-0.2, -0.15) is 15.0 Å². The molecule has 0 unspecified atom stereocenters. The van der Waals surface area contributed by atoms with Crippen molar-refractivity contribution in [1.82, 2.24) is 20.1 Å². The van der Waals surface area contributed by atoms with Crippen molar-refractivity contribution >= 4 is 5.95 Å². The molecule has 7 nitrogen and oxygen atoms in total. The van der Waals surface area contributed by atoms with Crippen molar-refractivity contribution in [3.05, 3.63) is 11.5 Å². The van der Waals surface area contributed by atoms with Crippen LogP contribution in [-0.4, -0.2) is 33.3 Å². The van der Waals surface area contributed by atoms with Crippen LogP contribution in [-0.2, 0) is 0 Å². The van der Waals surface area contributed by atoms with E-state index in [1.165, 1.54) is 7.11 Å². The number of nitrogens with one attached hydrogen (secondary N) is 1. The third-order valence-corrected chi connectivity index (χ3v) is 2.97. The van der Waals surface area contributed by atoms with Gasteiger partial charge in [0.25, 0.3) is 0 Å². The molecule has 100 valence electrons. The number of aryl methyl sites for hydroxylation is 2. The van der Waals surface area contributed by atoms with Crippen molar-refractivity contribution in [3.63, 3.8) is 0 Å². The molecule has 1 fully saturated rings. The Labute approximate surface area is 110 Å². The molecule has 3 rings (SSSR count). The number of ether oxygens (including phenoxy) is 1. The van der Waals surface area contributed by atoms with Crippen molar-refractivity contribution in [2.45, 2.75) is 32.7 Å². The summed E-state index contributed by atoms with van der Waals surface area (Å²) < 4.78 is 10.3. The molecule has 0 aromatic carbocycles. The Kier molecular flexibility index (Phi) is 2.81. The molecule has 2 aromatic heterocycles. The van der Waals surface area contributed by atoms with Gasteiger partial charge in [-0.25, -0.2) is 0 Å². The Morgan fingerprint density at radius 3 is 2.58 bits per heavy atom. The zero-order valence-corrected chi connectivity index (χ0v) is 11.1. The smallest absolute Gasteiger partial charge is 0.321 e. The maximum atomic E-state index is 5.14. The fourth-order valence-corrected chi connectivity index (χ4v) is 1.84. The predicted octanol–water partition coefficient (Wildman–Crippen LogP) is 1.73. The van der Waals surface area contributed by atoms with E-state index in [0.717, 1.165) is 24.1 Å². The lowest BCUT2D eigenvalue weighted by Gasteiger charge is -2.07. The van der Waals surface area contributed by atoms with Crippen LogP contribution in [0.4, 0.5) is 5.95 Å². The Morgan fingerprint density at radius 1 is 1.21 bits per heavy atom. The first-order valence-electron chi connectivity index (χ1n) is 6.17. The van der Waals surface area contributed by atoms with Crippen LogP contribution in [0, 0.1) is 13.8 Å². The highest BCUT2D eigenvalue weighted by atomic mass is 16.5. The second kappa shape index (κ2) is 4.49. The van der Waals surface area contributed by atoms with Gasteiger partial charge in [0, 0.05) is 6.04 Å². The molecule has 1 N–H and O–H groups in total. The minimum atomic E-state index is 0.285. The summed E-state index contributed by atoms with van der Waals surface area (Å²) in [6.07, 6.45) is 2.29. The summed E-state index contributed by atoms with van der Waals surface area (Å²) in [5.74, 6) is 1.73. The first-order chi connectivity index (χ1) is 9.17. The van der Waals surface area contributed by atoms with Gasteiger partial charge in [-0.3, -0.25) is 0 Å². The van der Waals surface area contributed by atoms with Gasteiger partial charge >= 0.3 is 6.01 Å². The zero-order chi connectivity index (χ0) is 13.4. The third-order valence-electron chi connectivity index (χ3n) is 2.97. The number of anilines is 1. The van der Waals surface area contributed by atoms with Gasteiger partial charge in [0.2, 0.25) is 5.95 Å². The highest BCUT2D eigenvalue weighted by Gasteiger charge is 2.24. The molecular weight excluding hydrogens is 246 g/mol.